The van der Waals surface area contributed by atoms with E-state index in [0.717, 1.165) is 35.4 Å². The van der Waals surface area contributed by atoms with Crippen molar-refractivity contribution in [3.63, 3.8) is 0 Å². The fourth-order valence-electron chi connectivity index (χ4n) is 1.94. The zero-order chi connectivity index (χ0) is 15.2. The van der Waals surface area contributed by atoms with Gasteiger partial charge >= 0.3 is 0 Å². The summed E-state index contributed by atoms with van der Waals surface area (Å²) >= 11 is 13.8. The van der Waals surface area contributed by atoms with Crippen LogP contribution in [0, 0.1) is 0 Å². The summed E-state index contributed by atoms with van der Waals surface area (Å²) in [5.74, 6) is 0.914. The number of nitrogens with one attached hydrogen (secondary N) is 1. The fourth-order valence-corrected chi connectivity index (χ4v) is 3.26. The van der Waals surface area contributed by atoms with Gasteiger partial charge in [0.1, 0.15) is 5.82 Å². The van der Waals surface area contributed by atoms with Crippen LogP contribution in [0.15, 0.2) is 24.3 Å². The molecule has 0 aromatic carbocycles. The number of thiophene rings is 1. The molecule has 0 atom stereocenters. The number of pyridine rings is 1. The summed E-state index contributed by atoms with van der Waals surface area (Å²) in [5, 5.41) is 4.03. The SMILES string of the molecule is CCCNCc1nc(N(C)Cc2ccc(Cl)s2)ccc1Cl. The second-order valence-electron chi connectivity index (χ2n) is 4.84. The van der Waals surface area contributed by atoms with E-state index in [2.05, 4.69) is 22.1 Å². The lowest BCUT2D eigenvalue weighted by Gasteiger charge is -2.18. The Hall–Kier alpha value is -0.810. The normalized spacial score (nSPS) is 10.9. The van der Waals surface area contributed by atoms with Gasteiger partial charge in [0.15, 0.2) is 0 Å². The van der Waals surface area contributed by atoms with Gasteiger partial charge in [0.2, 0.25) is 0 Å². The first kappa shape index (κ1) is 16.6. The van der Waals surface area contributed by atoms with Crippen LogP contribution >= 0.6 is 34.5 Å². The lowest BCUT2D eigenvalue weighted by molar-refractivity contribution is 0.663. The van der Waals surface area contributed by atoms with Crippen LogP contribution in [0.25, 0.3) is 0 Å². The first-order chi connectivity index (χ1) is 10.1. The highest BCUT2D eigenvalue weighted by Gasteiger charge is 2.09. The van der Waals surface area contributed by atoms with Crippen molar-refractivity contribution in [3.05, 3.63) is 44.2 Å². The molecule has 0 fully saturated rings. The molecular formula is C15H19Cl2N3S. The van der Waals surface area contributed by atoms with E-state index >= 15 is 0 Å². The molecule has 0 radical (unpaired) electrons. The summed E-state index contributed by atoms with van der Waals surface area (Å²) < 4.78 is 0.812. The standard InChI is InChI=1S/C15H19Cl2N3S/c1-3-8-18-9-13-12(16)5-7-15(19-13)20(2)10-11-4-6-14(17)21-11/h4-7,18H,3,8-10H2,1-2H3. The van der Waals surface area contributed by atoms with E-state index in [4.69, 9.17) is 23.2 Å². The first-order valence-electron chi connectivity index (χ1n) is 6.91. The summed E-state index contributed by atoms with van der Waals surface area (Å²) in [6.07, 6.45) is 1.09. The molecule has 0 amide bonds. The van der Waals surface area contributed by atoms with E-state index in [9.17, 15) is 0 Å². The minimum absolute atomic E-state index is 0.694. The Kier molecular flexibility index (Phi) is 6.30. The van der Waals surface area contributed by atoms with Crippen LogP contribution in [-0.4, -0.2) is 18.6 Å². The zero-order valence-electron chi connectivity index (χ0n) is 12.2. The fraction of sp³-hybridized carbons (Fsp3) is 0.400. The monoisotopic (exact) mass is 343 g/mol. The van der Waals surface area contributed by atoms with Crippen molar-refractivity contribution in [2.75, 3.05) is 18.5 Å². The summed E-state index contributed by atoms with van der Waals surface area (Å²) in [4.78, 5) is 7.96. The van der Waals surface area contributed by atoms with Crippen LogP contribution in [0.1, 0.15) is 23.9 Å². The van der Waals surface area contributed by atoms with Crippen molar-refractivity contribution in [1.82, 2.24) is 10.3 Å². The predicted octanol–water partition coefficient (Wildman–Crippen LogP) is 4.59. The number of hydrogen-bond acceptors (Lipinski definition) is 4. The minimum Gasteiger partial charge on any atom is -0.355 e. The van der Waals surface area contributed by atoms with Crippen LogP contribution in [0.5, 0.6) is 0 Å². The Bertz CT molecular complexity index is 586. The van der Waals surface area contributed by atoms with Gasteiger partial charge in [0, 0.05) is 18.5 Å². The number of nitrogens with zero attached hydrogens (tertiary/aromatic N) is 2. The summed E-state index contributed by atoms with van der Waals surface area (Å²) in [7, 11) is 2.02. The zero-order valence-corrected chi connectivity index (χ0v) is 14.5. The molecule has 0 aliphatic heterocycles. The van der Waals surface area contributed by atoms with Crippen molar-refractivity contribution in [2.24, 2.45) is 0 Å². The van der Waals surface area contributed by atoms with Crippen molar-refractivity contribution >= 4 is 40.4 Å². The molecule has 2 rings (SSSR count). The molecule has 2 heterocycles. The van der Waals surface area contributed by atoms with Crippen LogP contribution in [0.4, 0.5) is 5.82 Å². The van der Waals surface area contributed by atoms with Gasteiger partial charge in [-0.3, -0.25) is 0 Å². The maximum atomic E-state index is 6.21. The molecule has 114 valence electrons. The summed E-state index contributed by atoms with van der Waals surface area (Å²) in [5.41, 5.74) is 0.888. The Morgan fingerprint density at radius 3 is 2.71 bits per heavy atom. The van der Waals surface area contributed by atoms with Crippen LogP contribution in [0.3, 0.4) is 0 Å². The molecule has 2 aromatic heterocycles. The number of hydrogen-bond donors (Lipinski definition) is 1. The van der Waals surface area contributed by atoms with Crippen LogP contribution < -0.4 is 10.2 Å². The molecule has 0 unspecified atom stereocenters. The average Bonchev–Trinajstić information content (AvgIpc) is 2.86. The number of halogens is 2. The highest BCUT2D eigenvalue weighted by Crippen LogP contribution is 2.25. The summed E-state index contributed by atoms with van der Waals surface area (Å²) in [6, 6.07) is 7.82. The topological polar surface area (TPSA) is 28.2 Å². The Balaban J connectivity index is 2.06. The number of rotatable bonds is 7. The smallest absolute Gasteiger partial charge is 0.129 e. The third-order valence-electron chi connectivity index (χ3n) is 3.04. The van der Waals surface area contributed by atoms with Gasteiger partial charge in [0.05, 0.1) is 21.6 Å². The van der Waals surface area contributed by atoms with E-state index < -0.39 is 0 Å². The van der Waals surface area contributed by atoms with E-state index in [0.29, 0.717) is 11.6 Å². The van der Waals surface area contributed by atoms with Crippen molar-refractivity contribution in [1.29, 1.82) is 0 Å². The van der Waals surface area contributed by atoms with Gasteiger partial charge < -0.3 is 10.2 Å². The molecule has 6 heteroatoms. The second-order valence-corrected chi connectivity index (χ2v) is 7.04. The second kappa shape index (κ2) is 7.99. The molecule has 0 aliphatic carbocycles. The maximum absolute atomic E-state index is 6.21. The summed E-state index contributed by atoms with van der Waals surface area (Å²) in [6.45, 7) is 4.58. The van der Waals surface area contributed by atoms with Crippen molar-refractivity contribution in [3.8, 4) is 0 Å². The van der Waals surface area contributed by atoms with Gasteiger partial charge in [-0.1, -0.05) is 30.1 Å². The quantitative estimate of drug-likeness (QED) is 0.745. The van der Waals surface area contributed by atoms with Crippen LogP contribution in [0.2, 0.25) is 9.36 Å². The van der Waals surface area contributed by atoms with E-state index in [-0.39, 0.29) is 0 Å². The molecule has 0 spiro atoms. The molecule has 2 aromatic rings. The number of aromatic nitrogens is 1. The highest BCUT2D eigenvalue weighted by molar-refractivity contribution is 7.16. The third kappa shape index (κ3) is 4.85. The lowest BCUT2D eigenvalue weighted by Crippen LogP contribution is -2.19. The minimum atomic E-state index is 0.694. The molecule has 3 nitrogen and oxygen atoms in total. The average molecular weight is 344 g/mol. The van der Waals surface area contributed by atoms with E-state index in [1.165, 1.54) is 4.88 Å². The number of anilines is 1. The molecule has 0 saturated heterocycles. The van der Waals surface area contributed by atoms with Crippen molar-refractivity contribution < 1.29 is 0 Å². The highest BCUT2D eigenvalue weighted by atomic mass is 35.5. The largest absolute Gasteiger partial charge is 0.355 e. The van der Waals surface area contributed by atoms with Gasteiger partial charge in [-0.2, -0.15) is 0 Å². The maximum Gasteiger partial charge on any atom is 0.129 e. The molecule has 1 N–H and O–H groups in total. The Morgan fingerprint density at radius 1 is 1.24 bits per heavy atom. The van der Waals surface area contributed by atoms with Gasteiger partial charge in [-0.05, 0) is 37.2 Å². The van der Waals surface area contributed by atoms with Crippen LogP contribution in [-0.2, 0) is 13.1 Å². The Morgan fingerprint density at radius 2 is 2.05 bits per heavy atom. The van der Waals surface area contributed by atoms with Crippen molar-refractivity contribution in [2.45, 2.75) is 26.4 Å². The van der Waals surface area contributed by atoms with E-state index in [1.807, 2.05) is 31.3 Å². The van der Waals surface area contributed by atoms with Gasteiger partial charge in [-0.25, -0.2) is 4.98 Å². The molecule has 0 saturated carbocycles. The molecule has 0 aliphatic rings. The lowest BCUT2D eigenvalue weighted by atomic mass is 10.3. The van der Waals surface area contributed by atoms with Gasteiger partial charge in [0.25, 0.3) is 0 Å². The molecular weight excluding hydrogens is 325 g/mol. The van der Waals surface area contributed by atoms with Gasteiger partial charge in [-0.15, -0.1) is 11.3 Å². The van der Waals surface area contributed by atoms with E-state index in [1.54, 1.807) is 11.3 Å². The third-order valence-corrected chi connectivity index (χ3v) is 4.60. The Labute approximate surface area is 139 Å². The first-order valence-corrected chi connectivity index (χ1v) is 8.49. The predicted molar refractivity (Wildman–Crippen MR) is 92.7 cm³/mol. The molecule has 21 heavy (non-hydrogen) atoms. The molecule has 0 bridgehead atoms.